The molecule has 2 unspecified atom stereocenters. The summed E-state index contributed by atoms with van der Waals surface area (Å²) in [5.74, 6) is 0. The lowest BCUT2D eigenvalue weighted by Gasteiger charge is -2.39. The second-order valence-corrected chi connectivity index (χ2v) is 4.58. The third-order valence-electron chi connectivity index (χ3n) is 3.56. The summed E-state index contributed by atoms with van der Waals surface area (Å²) in [5.41, 5.74) is 7.66. The molecule has 1 aromatic heterocycles. The van der Waals surface area contributed by atoms with E-state index in [1.54, 1.807) is 6.20 Å². The van der Waals surface area contributed by atoms with Crippen molar-refractivity contribution in [1.29, 1.82) is 0 Å². The number of hydrogen-bond acceptors (Lipinski definition) is 4. The summed E-state index contributed by atoms with van der Waals surface area (Å²) in [6, 6.07) is 2.53. The summed E-state index contributed by atoms with van der Waals surface area (Å²) >= 11 is 0. The molecule has 1 aromatic rings. The lowest BCUT2D eigenvalue weighted by atomic mass is 10.1. The van der Waals surface area contributed by atoms with Crippen molar-refractivity contribution in [3.63, 3.8) is 0 Å². The first-order valence-electron chi connectivity index (χ1n) is 5.93. The largest absolute Gasteiger partial charge is 0.397 e. The van der Waals surface area contributed by atoms with Gasteiger partial charge in [0.25, 0.3) is 0 Å². The topological polar surface area (TPSA) is 51.4 Å². The van der Waals surface area contributed by atoms with Crippen molar-refractivity contribution in [2.45, 2.75) is 31.4 Å². The molecule has 2 heterocycles. The lowest BCUT2D eigenvalue weighted by Crippen LogP contribution is -2.48. The smallest absolute Gasteiger partial charge is 0.0779 e. The summed E-state index contributed by atoms with van der Waals surface area (Å²) in [6.07, 6.45) is 7.68. The molecular formula is C12H17N3O. The molecule has 0 amide bonds. The maximum atomic E-state index is 5.79. The minimum atomic E-state index is 0.412. The third-order valence-corrected chi connectivity index (χ3v) is 3.56. The molecule has 2 fully saturated rings. The van der Waals surface area contributed by atoms with Crippen LogP contribution < -0.4 is 10.6 Å². The summed E-state index contributed by atoms with van der Waals surface area (Å²) in [4.78, 5) is 6.57. The number of fused-ring (bicyclic) bond motifs is 1. The first-order chi connectivity index (χ1) is 7.84. The Morgan fingerprint density at radius 3 is 3.19 bits per heavy atom. The van der Waals surface area contributed by atoms with E-state index in [1.807, 2.05) is 12.3 Å². The molecule has 0 aromatic carbocycles. The number of nitrogens with zero attached hydrogens (tertiary/aromatic N) is 2. The van der Waals surface area contributed by atoms with Crippen molar-refractivity contribution in [1.82, 2.24) is 4.98 Å². The van der Waals surface area contributed by atoms with Gasteiger partial charge in [-0.15, -0.1) is 0 Å². The molecule has 2 aliphatic rings. The zero-order valence-corrected chi connectivity index (χ0v) is 9.30. The van der Waals surface area contributed by atoms with Gasteiger partial charge in [-0.2, -0.15) is 0 Å². The van der Waals surface area contributed by atoms with Crippen LogP contribution in [0.25, 0.3) is 0 Å². The monoisotopic (exact) mass is 219 g/mol. The van der Waals surface area contributed by atoms with Gasteiger partial charge < -0.3 is 15.4 Å². The van der Waals surface area contributed by atoms with Crippen LogP contribution in [-0.2, 0) is 4.74 Å². The molecule has 3 rings (SSSR count). The molecule has 0 radical (unpaired) electrons. The van der Waals surface area contributed by atoms with Crippen molar-refractivity contribution in [3.8, 4) is 0 Å². The van der Waals surface area contributed by atoms with E-state index in [0.717, 1.165) is 24.5 Å². The van der Waals surface area contributed by atoms with Gasteiger partial charge >= 0.3 is 0 Å². The number of nitrogen functional groups attached to an aromatic ring is 1. The van der Waals surface area contributed by atoms with Gasteiger partial charge in [-0.05, 0) is 25.3 Å². The highest BCUT2D eigenvalue weighted by Gasteiger charge is 2.36. The average Bonchev–Trinajstić information content (AvgIpc) is 2.76. The fraction of sp³-hybridized carbons (Fsp3) is 0.583. The Morgan fingerprint density at radius 1 is 1.38 bits per heavy atom. The number of rotatable bonds is 1. The first-order valence-corrected chi connectivity index (χ1v) is 5.93. The van der Waals surface area contributed by atoms with Crippen LogP contribution in [0.15, 0.2) is 18.5 Å². The Bertz CT molecular complexity index is 382. The molecular weight excluding hydrogens is 202 g/mol. The predicted molar refractivity (Wildman–Crippen MR) is 63.4 cm³/mol. The summed E-state index contributed by atoms with van der Waals surface area (Å²) in [6.45, 7) is 1.77. The molecule has 4 heteroatoms. The first kappa shape index (κ1) is 9.90. The molecule has 1 aliphatic heterocycles. The number of ether oxygens (including phenoxy) is 1. The molecule has 2 N–H and O–H groups in total. The van der Waals surface area contributed by atoms with Crippen LogP contribution in [0.4, 0.5) is 11.4 Å². The molecule has 0 spiro atoms. The summed E-state index contributed by atoms with van der Waals surface area (Å²) < 4.78 is 5.79. The second kappa shape index (κ2) is 3.94. The Hall–Kier alpha value is -1.29. The maximum Gasteiger partial charge on any atom is 0.0779 e. The van der Waals surface area contributed by atoms with E-state index < -0.39 is 0 Å². The predicted octanol–water partition coefficient (Wildman–Crippen LogP) is 1.42. The highest BCUT2D eigenvalue weighted by atomic mass is 16.5. The highest BCUT2D eigenvalue weighted by molar-refractivity contribution is 5.54. The van der Waals surface area contributed by atoms with Crippen LogP contribution in [0.5, 0.6) is 0 Å². The van der Waals surface area contributed by atoms with Gasteiger partial charge in [0.05, 0.1) is 36.3 Å². The lowest BCUT2D eigenvalue weighted by molar-refractivity contribution is 0.0256. The van der Waals surface area contributed by atoms with Crippen molar-refractivity contribution in [2.75, 3.05) is 23.8 Å². The number of pyridine rings is 1. The second-order valence-electron chi connectivity index (χ2n) is 4.58. The van der Waals surface area contributed by atoms with Gasteiger partial charge in [-0.1, -0.05) is 0 Å². The molecule has 86 valence electrons. The van der Waals surface area contributed by atoms with E-state index in [9.17, 15) is 0 Å². The number of aromatic nitrogens is 1. The van der Waals surface area contributed by atoms with E-state index in [0.29, 0.717) is 12.1 Å². The van der Waals surface area contributed by atoms with Crippen LogP contribution in [-0.4, -0.2) is 30.3 Å². The molecule has 1 saturated heterocycles. The van der Waals surface area contributed by atoms with Gasteiger partial charge in [0.1, 0.15) is 0 Å². The minimum absolute atomic E-state index is 0.412. The fourth-order valence-corrected chi connectivity index (χ4v) is 2.85. The van der Waals surface area contributed by atoms with Gasteiger partial charge in [0.15, 0.2) is 0 Å². The number of nitrogens with two attached hydrogens (primary N) is 1. The van der Waals surface area contributed by atoms with Crippen LogP contribution in [0.2, 0.25) is 0 Å². The highest BCUT2D eigenvalue weighted by Crippen LogP contribution is 2.33. The zero-order valence-electron chi connectivity index (χ0n) is 9.30. The molecule has 2 atom stereocenters. The van der Waals surface area contributed by atoms with Gasteiger partial charge in [0, 0.05) is 12.7 Å². The average molecular weight is 219 g/mol. The van der Waals surface area contributed by atoms with Crippen molar-refractivity contribution >= 4 is 11.4 Å². The van der Waals surface area contributed by atoms with Crippen LogP contribution in [0.3, 0.4) is 0 Å². The van der Waals surface area contributed by atoms with E-state index in [2.05, 4.69) is 9.88 Å². The van der Waals surface area contributed by atoms with Crippen LogP contribution >= 0.6 is 0 Å². The Kier molecular flexibility index (Phi) is 2.44. The molecule has 4 nitrogen and oxygen atoms in total. The quantitative estimate of drug-likeness (QED) is 0.776. The Morgan fingerprint density at radius 2 is 2.31 bits per heavy atom. The normalized spacial score (nSPS) is 29.1. The van der Waals surface area contributed by atoms with E-state index in [1.165, 1.54) is 19.3 Å². The van der Waals surface area contributed by atoms with Crippen LogP contribution in [0, 0.1) is 0 Å². The minimum Gasteiger partial charge on any atom is -0.397 e. The van der Waals surface area contributed by atoms with Crippen molar-refractivity contribution in [3.05, 3.63) is 18.5 Å². The number of hydrogen-bond donors (Lipinski definition) is 1. The van der Waals surface area contributed by atoms with E-state index in [-0.39, 0.29) is 0 Å². The van der Waals surface area contributed by atoms with E-state index >= 15 is 0 Å². The SMILES string of the molecule is Nc1cncc(N2CCOC3CCCC32)c1. The maximum absolute atomic E-state index is 5.79. The molecule has 0 bridgehead atoms. The molecule has 1 aliphatic carbocycles. The number of anilines is 2. The van der Waals surface area contributed by atoms with Crippen molar-refractivity contribution in [2.24, 2.45) is 0 Å². The van der Waals surface area contributed by atoms with Crippen molar-refractivity contribution < 1.29 is 4.74 Å². The van der Waals surface area contributed by atoms with Gasteiger partial charge in [-0.3, -0.25) is 4.98 Å². The fourth-order valence-electron chi connectivity index (χ4n) is 2.85. The Labute approximate surface area is 95.4 Å². The van der Waals surface area contributed by atoms with Gasteiger partial charge in [0.2, 0.25) is 0 Å². The molecule has 16 heavy (non-hydrogen) atoms. The number of morpholine rings is 1. The molecule has 1 saturated carbocycles. The van der Waals surface area contributed by atoms with Gasteiger partial charge in [-0.25, -0.2) is 0 Å². The van der Waals surface area contributed by atoms with E-state index in [4.69, 9.17) is 10.5 Å². The van der Waals surface area contributed by atoms with Crippen LogP contribution in [0.1, 0.15) is 19.3 Å². The standard InChI is InChI=1S/C12H17N3O/c13-9-6-10(8-14-7-9)15-4-5-16-12-3-1-2-11(12)15/h6-8,11-12H,1-5,13H2. The summed E-state index contributed by atoms with van der Waals surface area (Å²) in [5, 5.41) is 0. The third kappa shape index (κ3) is 1.63. The zero-order chi connectivity index (χ0) is 11.0. The Balaban J connectivity index is 1.88. The summed E-state index contributed by atoms with van der Waals surface area (Å²) in [7, 11) is 0.